The average molecular weight is 361 g/mol. The number of hydrogen-bond donors (Lipinski definition) is 1. The molecule has 0 spiro atoms. The molecule has 4 aliphatic carbocycles. The fraction of sp³-hybridized carbons (Fsp3) is 0.958. The molecule has 1 N–H and O–H groups in total. The van der Waals surface area contributed by atoms with E-state index in [1.54, 1.807) is 0 Å². The fourth-order valence-corrected chi connectivity index (χ4v) is 8.68. The summed E-state index contributed by atoms with van der Waals surface area (Å²) in [5, 5.41) is 11.1. The van der Waals surface area contributed by atoms with E-state index in [1.807, 2.05) is 6.92 Å². The van der Waals surface area contributed by atoms with Crippen molar-refractivity contribution in [2.24, 2.45) is 40.4 Å². The number of carbonyl (C=O) groups is 1. The summed E-state index contributed by atoms with van der Waals surface area (Å²) in [7, 11) is 0. The van der Waals surface area contributed by atoms with E-state index in [9.17, 15) is 9.90 Å². The van der Waals surface area contributed by atoms with Gasteiger partial charge in [0.25, 0.3) is 0 Å². The van der Waals surface area contributed by atoms with Crippen LogP contribution in [0.2, 0.25) is 0 Å². The lowest BCUT2D eigenvalue weighted by Crippen LogP contribution is -2.56. The van der Waals surface area contributed by atoms with Gasteiger partial charge in [-0.2, -0.15) is 0 Å². The van der Waals surface area contributed by atoms with Crippen LogP contribution in [-0.4, -0.2) is 16.5 Å². The van der Waals surface area contributed by atoms with Crippen LogP contribution in [0.1, 0.15) is 98.3 Å². The summed E-state index contributed by atoms with van der Waals surface area (Å²) in [6, 6.07) is 0. The minimum absolute atomic E-state index is 0.272. The van der Waals surface area contributed by atoms with Crippen LogP contribution in [0.15, 0.2) is 0 Å². The highest BCUT2D eigenvalue weighted by Crippen LogP contribution is 2.68. The molecule has 26 heavy (non-hydrogen) atoms. The van der Waals surface area contributed by atoms with Crippen molar-refractivity contribution in [1.82, 2.24) is 0 Å². The highest BCUT2D eigenvalue weighted by atomic mass is 16.3. The number of hydrogen-bond acceptors (Lipinski definition) is 2. The molecule has 0 bridgehead atoms. The largest absolute Gasteiger partial charge is 0.390 e. The number of rotatable bonds is 3. The number of aliphatic hydroxyl groups is 1. The highest BCUT2D eigenvalue weighted by molar-refractivity contribution is 5.79. The van der Waals surface area contributed by atoms with Crippen molar-refractivity contribution in [1.29, 1.82) is 0 Å². The van der Waals surface area contributed by atoms with Crippen molar-refractivity contribution in [2.45, 2.75) is 104 Å². The summed E-state index contributed by atoms with van der Waals surface area (Å²) in [6.07, 6.45) is 13.0. The Bertz CT molecular complexity index is 571. The van der Waals surface area contributed by atoms with Crippen LogP contribution in [0.5, 0.6) is 0 Å². The molecule has 0 saturated heterocycles. The SMILES string of the molecule is CCC[C@@]1(O)CC[C@]2(C)C3CC[C@@]4(C)C(CC[C@@H]4C(C)=O)C3CC[C@H]2C1. The summed E-state index contributed by atoms with van der Waals surface area (Å²) in [4.78, 5) is 12.3. The van der Waals surface area contributed by atoms with Gasteiger partial charge in [-0.05, 0) is 106 Å². The molecule has 0 aromatic rings. The van der Waals surface area contributed by atoms with Gasteiger partial charge >= 0.3 is 0 Å². The van der Waals surface area contributed by atoms with Gasteiger partial charge in [-0.15, -0.1) is 0 Å². The Labute approximate surface area is 160 Å². The zero-order chi connectivity index (χ0) is 18.7. The smallest absolute Gasteiger partial charge is 0.133 e. The molecular formula is C24H40O2. The fourth-order valence-electron chi connectivity index (χ4n) is 8.68. The van der Waals surface area contributed by atoms with E-state index < -0.39 is 0 Å². The van der Waals surface area contributed by atoms with Crippen molar-refractivity contribution in [3.05, 3.63) is 0 Å². The van der Waals surface area contributed by atoms with Crippen molar-refractivity contribution in [3.63, 3.8) is 0 Å². The van der Waals surface area contributed by atoms with E-state index in [0.717, 1.165) is 49.9 Å². The Hall–Kier alpha value is -0.370. The second-order valence-electron chi connectivity index (χ2n) is 11.1. The summed E-state index contributed by atoms with van der Waals surface area (Å²) in [6.45, 7) is 9.05. The third kappa shape index (κ3) is 2.65. The number of Topliss-reactive ketones (excluding diaryl/α,β-unsaturated/α-hetero) is 1. The molecule has 4 rings (SSSR count). The molecular weight excluding hydrogens is 320 g/mol. The van der Waals surface area contributed by atoms with Crippen LogP contribution < -0.4 is 0 Å². The molecule has 8 atom stereocenters. The van der Waals surface area contributed by atoms with E-state index in [1.165, 1.54) is 38.5 Å². The van der Waals surface area contributed by atoms with E-state index in [-0.39, 0.29) is 11.0 Å². The number of fused-ring (bicyclic) bond motifs is 5. The lowest BCUT2D eigenvalue weighted by atomic mass is 9.43. The third-order valence-electron chi connectivity index (χ3n) is 10.0. The van der Waals surface area contributed by atoms with Crippen molar-refractivity contribution in [2.75, 3.05) is 0 Å². The monoisotopic (exact) mass is 360 g/mol. The molecule has 4 fully saturated rings. The predicted octanol–water partition coefficient (Wildman–Crippen LogP) is 5.77. The van der Waals surface area contributed by atoms with Crippen molar-refractivity contribution >= 4 is 5.78 Å². The first-order valence-corrected chi connectivity index (χ1v) is 11.5. The molecule has 2 nitrogen and oxygen atoms in total. The lowest BCUT2D eigenvalue weighted by molar-refractivity contribution is -0.155. The van der Waals surface area contributed by atoms with E-state index in [0.29, 0.717) is 23.0 Å². The summed E-state index contributed by atoms with van der Waals surface area (Å²) < 4.78 is 0. The van der Waals surface area contributed by atoms with Gasteiger partial charge in [0.2, 0.25) is 0 Å². The summed E-state index contributed by atoms with van der Waals surface area (Å²) >= 11 is 0. The maximum Gasteiger partial charge on any atom is 0.133 e. The first kappa shape index (κ1) is 19.0. The molecule has 148 valence electrons. The Balaban J connectivity index is 1.56. The zero-order valence-corrected chi connectivity index (χ0v) is 17.5. The van der Waals surface area contributed by atoms with Gasteiger partial charge in [-0.25, -0.2) is 0 Å². The molecule has 3 unspecified atom stereocenters. The maximum absolute atomic E-state index is 12.3. The first-order valence-electron chi connectivity index (χ1n) is 11.5. The molecule has 2 heteroatoms. The Kier molecular flexibility index (Phi) is 4.61. The van der Waals surface area contributed by atoms with Crippen LogP contribution in [0.4, 0.5) is 0 Å². The van der Waals surface area contributed by atoms with E-state index >= 15 is 0 Å². The van der Waals surface area contributed by atoms with Crippen LogP contribution in [0.25, 0.3) is 0 Å². The Morgan fingerprint density at radius 2 is 1.69 bits per heavy atom. The minimum Gasteiger partial charge on any atom is -0.390 e. The van der Waals surface area contributed by atoms with Gasteiger partial charge in [0.1, 0.15) is 5.78 Å². The van der Waals surface area contributed by atoms with Crippen molar-refractivity contribution < 1.29 is 9.90 Å². The van der Waals surface area contributed by atoms with Crippen LogP contribution in [0, 0.1) is 40.4 Å². The zero-order valence-electron chi connectivity index (χ0n) is 17.5. The van der Waals surface area contributed by atoms with Gasteiger partial charge in [-0.3, -0.25) is 4.79 Å². The van der Waals surface area contributed by atoms with E-state index in [2.05, 4.69) is 20.8 Å². The maximum atomic E-state index is 12.3. The second-order valence-corrected chi connectivity index (χ2v) is 11.1. The molecule has 4 aliphatic rings. The van der Waals surface area contributed by atoms with Gasteiger partial charge in [-0.1, -0.05) is 27.2 Å². The predicted molar refractivity (Wildman–Crippen MR) is 106 cm³/mol. The quantitative estimate of drug-likeness (QED) is 0.694. The molecule has 0 aliphatic heterocycles. The molecule has 0 radical (unpaired) electrons. The van der Waals surface area contributed by atoms with Crippen LogP contribution >= 0.6 is 0 Å². The minimum atomic E-state index is -0.387. The van der Waals surface area contributed by atoms with Gasteiger partial charge < -0.3 is 5.11 Å². The second kappa shape index (κ2) is 6.33. The van der Waals surface area contributed by atoms with Crippen molar-refractivity contribution in [3.8, 4) is 0 Å². The van der Waals surface area contributed by atoms with Crippen LogP contribution in [0.3, 0.4) is 0 Å². The lowest BCUT2D eigenvalue weighted by Gasteiger charge is -2.62. The summed E-state index contributed by atoms with van der Waals surface area (Å²) in [5.74, 6) is 3.90. The van der Waals surface area contributed by atoms with E-state index in [4.69, 9.17) is 0 Å². The molecule has 0 amide bonds. The van der Waals surface area contributed by atoms with Gasteiger partial charge in [0.15, 0.2) is 0 Å². The van der Waals surface area contributed by atoms with Crippen LogP contribution in [-0.2, 0) is 4.79 Å². The summed E-state index contributed by atoms with van der Waals surface area (Å²) in [5.41, 5.74) is 0.314. The number of ketones is 1. The third-order valence-corrected chi connectivity index (χ3v) is 10.0. The highest BCUT2D eigenvalue weighted by Gasteiger charge is 2.61. The molecule has 0 aromatic heterocycles. The molecule has 0 heterocycles. The molecule has 4 saturated carbocycles. The average Bonchev–Trinajstić information content (AvgIpc) is 2.93. The van der Waals surface area contributed by atoms with Gasteiger partial charge in [0.05, 0.1) is 5.60 Å². The normalized spacial score (nSPS) is 53.5. The Morgan fingerprint density at radius 1 is 0.962 bits per heavy atom. The topological polar surface area (TPSA) is 37.3 Å². The van der Waals surface area contributed by atoms with Gasteiger partial charge in [0, 0.05) is 5.92 Å². The standard InChI is InChI=1S/C24H40O2/c1-5-11-24(26)14-13-22(3)17(15-24)6-7-18-20-9-8-19(16(2)25)23(20,4)12-10-21(18)22/h17-21,26H,5-15H2,1-4H3/t17-,18?,19+,20?,21?,22-,23+,24+/m0/s1. The Morgan fingerprint density at radius 3 is 2.38 bits per heavy atom. The first-order chi connectivity index (χ1) is 12.2. The molecule has 0 aromatic carbocycles. The number of carbonyl (C=O) groups excluding carboxylic acids is 1.